The lowest BCUT2D eigenvalue weighted by atomic mass is 10.1. The van der Waals surface area contributed by atoms with Crippen LogP contribution in [0.5, 0.6) is 0 Å². The Labute approximate surface area is 133 Å². The molecule has 0 aliphatic heterocycles. The lowest BCUT2D eigenvalue weighted by molar-refractivity contribution is 0.251. The summed E-state index contributed by atoms with van der Waals surface area (Å²) in [4.78, 5) is 2.23. The van der Waals surface area contributed by atoms with Gasteiger partial charge in [0.05, 0.1) is 0 Å². The number of hydrogen-bond donors (Lipinski definition) is 1. The molecule has 2 N–H and O–H groups in total. The highest BCUT2D eigenvalue weighted by molar-refractivity contribution is 9.10. The maximum atomic E-state index is 14.0. The van der Waals surface area contributed by atoms with Crippen LogP contribution in [0, 0.1) is 5.82 Å². The molecule has 112 valence electrons. The highest BCUT2D eigenvalue weighted by Crippen LogP contribution is 2.18. The molecular weight excluding hydrogens is 331 g/mol. The van der Waals surface area contributed by atoms with Crippen LogP contribution in [0.15, 0.2) is 53.0 Å². The second-order valence-electron chi connectivity index (χ2n) is 5.07. The number of nitrogens with two attached hydrogens (primary N) is 1. The monoisotopic (exact) mass is 350 g/mol. The Morgan fingerprint density at radius 3 is 2.48 bits per heavy atom. The van der Waals surface area contributed by atoms with Gasteiger partial charge in [-0.2, -0.15) is 0 Å². The average molecular weight is 351 g/mol. The molecular formula is C17H20BrFN2. The van der Waals surface area contributed by atoms with Crippen LogP contribution in [0.3, 0.4) is 0 Å². The summed E-state index contributed by atoms with van der Waals surface area (Å²) >= 11 is 3.29. The number of hydrogen-bond acceptors (Lipinski definition) is 2. The third kappa shape index (κ3) is 5.23. The second kappa shape index (κ2) is 8.27. The Kier molecular flexibility index (Phi) is 6.36. The molecule has 0 unspecified atom stereocenters. The van der Waals surface area contributed by atoms with Crippen molar-refractivity contribution in [2.75, 3.05) is 13.1 Å². The van der Waals surface area contributed by atoms with Crippen LogP contribution in [-0.4, -0.2) is 18.0 Å². The SMILES string of the molecule is NCCCN(Cc1ccccc1)Cc1ccc(Br)cc1F. The third-order valence-electron chi connectivity index (χ3n) is 3.34. The molecule has 0 saturated carbocycles. The Bertz CT molecular complexity index is 560. The van der Waals surface area contributed by atoms with Crippen molar-refractivity contribution in [3.8, 4) is 0 Å². The van der Waals surface area contributed by atoms with Crippen LogP contribution in [0.25, 0.3) is 0 Å². The van der Waals surface area contributed by atoms with Crippen molar-refractivity contribution in [1.82, 2.24) is 4.90 Å². The number of rotatable bonds is 7. The minimum atomic E-state index is -0.171. The third-order valence-corrected chi connectivity index (χ3v) is 3.83. The van der Waals surface area contributed by atoms with E-state index in [0.717, 1.165) is 24.0 Å². The normalized spacial score (nSPS) is 11.0. The molecule has 4 heteroatoms. The van der Waals surface area contributed by atoms with Gasteiger partial charge in [0.1, 0.15) is 5.82 Å². The summed E-state index contributed by atoms with van der Waals surface area (Å²) < 4.78 is 14.8. The summed E-state index contributed by atoms with van der Waals surface area (Å²) in [6, 6.07) is 15.5. The zero-order valence-electron chi connectivity index (χ0n) is 11.9. The standard InChI is InChI=1S/C17H20BrFN2/c18-16-8-7-15(17(19)11-16)13-21(10-4-9-20)12-14-5-2-1-3-6-14/h1-3,5-8,11H,4,9-10,12-13,20H2. The first kappa shape index (κ1) is 16.1. The first-order valence-electron chi connectivity index (χ1n) is 7.09. The molecule has 21 heavy (non-hydrogen) atoms. The number of nitrogens with zero attached hydrogens (tertiary/aromatic N) is 1. The quantitative estimate of drug-likeness (QED) is 0.819. The fourth-order valence-electron chi connectivity index (χ4n) is 2.26. The Morgan fingerprint density at radius 2 is 1.81 bits per heavy atom. The fourth-order valence-corrected chi connectivity index (χ4v) is 2.59. The van der Waals surface area contributed by atoms with Crippen LogP contribution in [0.4, 0.5) is 4.39 Å². The van der Waals surface area contributed by atoms with Crippen molar-refractivity contribution < 1.29 is 4.39 Å². The molecule has 2 aromatic carbocycles. The molecule has 0 saturated heterocycles. The number of benzene rings is 2. The molecule has 2 rings (SSSR count). The lowest BCUT2D eigenvalue weighted by Crippen LogP contribution is -2.26. The Morgan fingerprint density at radius 1 is 1.05 bits per heavy atom. The minimum Gasteiger partial charge on any atom is -0.330 e. The predicted molar refractivity (Wildman–Crippen MR) is 88.3 cm³/mol. The molecule has 2 aromatic rings. The van der Waals surface area contributed by atoms with Crippen LogP contribution in [-0.2, 0) is 13.1 Å². The van der Waals surface area contributed by atoms with Gasteiger partial charge in [0.25, 0.3) is 0 Å². The fraction of sp³-hybridized carbons (Fsp3) is 0.294. The van der Waals surface area contributed by atoms with Crippen LogP contribution in [0.1, 0.15) is 17.5 Å². The highest BCUT2D eigenvalue weighted by atomic mass is 79.9. The maximum Gasteiger partial charge on any atom is 0.128 e. The summed E-state index contributed by atoms with van der Waals surface area (Å²) in [5.41, 5.74) is 7.55. The molecule has 0 aliphatic carbocycles. The molecule has 0 atom stereocenters. The van der Waals surface area contributed by atoms with E-state index in [4.69, 9.17) is 5.73 Å². The van der Waals surface area contributed by atoms with Gasteiger partial charge < -0.3 is 5.73 Å². The van der Waals surface area contributed by atoms with Gasteiger partial charge in [-0.05, 0) is 30.7 Å². The largest absolute Gasteiger partial charge is 0.330 e. The molecule has 0 aromatic heterocycles. The molecule has 2 nitrogen and oxygen atoms in total. The zero-order valence-corrected chi connectivity index (χ0v) is 13.5. The van der Waals surface area contributed by atoms with Gasteiger partial charge in [0, 0.05) is 29.7 Å². The number of halogens is 2. The van der Waals surface area contributed by atoms with E-state index in [1.165, 1.54) is 11.6 Å². The molecule has 0 aliphatic rings. The van der Waals surface area contributed by atoms with E-state index < -0.39 is 0 Å². The zero-order chi connectivity index (χ0) is 15.1. The Balaban J connectivity index is 2.08. The first-order chi connectivity index (χ1) is 10.2. The van der Waals surface area contributed by atoms with Crippen molar-refractivity contribution in [3.63, 3.8) is 0 Å². The smallest absolute Gasteiger partial charge is 0.128 e. The molecule has 0 radical (unpaired) electrons. The van der Waals surface area contributed by atoms with E-state index in [1.54, 1.807) is 0 Å². The average Bonchev–Trinajstić information content (AvgIpc) is 2.48. The van der Waals surface area contributed by atoms with E-state index >= 15 is 0 Å². The van der Waals surface area contributed by atoms with Gasteiger partial charge in [-0.25, -0.2) is 4.39 Å². The van der Waals surface area contributed by atoms with Gasteiger partial charge in [0.2, 0.25) is 0 Å². The summed E-state index contributed by atoms with van der Waals surface area (Å²) in [7, 11) is 0. The van der Waals surface area contributed by atoms with E-state index in [9.17, 15) is 4.39 Å². The van der Waals surface area contributed by atoms with Crippen LogP contribution < -0.4 is 5.73 Å². The van der Waals surface area contributed by atoms with Gasteiger partial charge in [-0.3, -0.25) is 4.90 Å². The predicted octanol–water partition coefficient (Wildman–Crippen LogP) is 3.94. The summed E-state index contributed by atoms with van der Waals surface area (Å²) in [6.07, 6.45) is 0.908. The molecule has 0 heterocycles. The van der Waals surface area contributed by atoms with E-state index in [2.05, 4.69) is 33.0 Å². The maximum absolute atomic E-state index is 14.0. The summed E-state index contributed by atoms with van der Waals surface area (Å²) in [5, 5.41) is 0. The molecule has 0 spiro atoms. The summed E-state index contributed by atoms with van der Waals surface area (Å²) in [6.45, 7) is 2.90. The van der Waals surface area contributed by atoms with Gasteiger partial charge >= 0.3 is 0 Å². The van der Waals surface area contributed by atoms with Gasteiger partial charge in [-0.15, -0.1) is 0 Å². The van der Waals surface area contributed by atoms with E-state index in [-0.39, 0.29) is 5.82 Å². The molecule has 0 amide bonds. The van der Waals surface area contributed by atoms with Crippen molar-refractivity contribution in [2.45, 2.75) is 19.5 Å². The lowest BCUT2D eigenvalue weighted by Gasteiger charge is -2.22. The van der Waals surface area contributed by atoms with Crippen molar-refractivity contribution in [2.24, 2.45) is 5.73 Å². The summed E-state index contributed by atoms with van der Waals surface area (Å²) in [5.74, 6) is -0.171. The van der Waals surface area contributed by atoms with E-state index in [0.29, 0.717) is 18.7 Å². The van der Waals surface area contributed by atoms with Gasteiger partial charge in [0.15, 0.2) is 0 Å². The van der Waals surface area contributed by atoms with Crippen molar-refractivity contribution in [1.29, 1.82) is 0 Å². The topological polar surface area (TPSA) is 29.3 Å². The van der Waals surface area contributed by atoms with Crippen molar-refractivity contribution >= 4 is 15.9 Å². The minimum absolute atomic E-state index is 0.171. The highest BCUT2D eigenvalue weighted by Gasteiger charge is 2.10. The molecule has 0 fully saturated rings. The van der Waals surface area contributed by atoms with Gasteiger partial charge in [-0.1, -0.05) is 52.3 Å². The van der Waals surface area contributed by atoms with Crippen molar-refractivity contribution in [3.05, 3.63) is 69.9 Å². The first-order valence-corrected chi connectivity index (χ1v) is 7.88. The second-order valence-corrected chi connectivity index (χ2v) is 5.99. The van der Waals surface area contributed by atoms with E-state index in [1.807, 2.05) is 30.3 Å². The van der Waals surface area contributed by atoms with Crippen LogP contribution in [0.2, 0.25) is 0 Å². The molecule has 0 bridgehead atoms. The van der Waals surface area contributed by atoms with Crippen LogP contribution >= 0.6 is 15.9 Å². The Hall–Kier alpha value is -1.23.